The number of pyridine rings is 1. The van der Waals surface area contributed by atoms with Gasteiger partial charge in [-0.2, -0.15) is 0 Å². The third-order valence-corrected chi connectivity index (χ3v) is 2.81. The average molecular weight is 272 g/mol. The second-order valence-corrected chi connectivity index (χ2v) is 4.53. The Kier molecular flexibility index (Phi) is 4.30. The third-order valence-electron chi connectivity index (χ3n) is 2.81. The first kappa shape index (κ1) is 14.0. The van der Waals surface area contributed by atoms with Crippen molar-refractivity contribution in [1.29, 1.82) is 0 Å². The molecular weight excluding hydrogens is 256 g/mol. The van der Waals surface area contributed by atoms with Crippen LogP contribution in [0.15, 0.2) is 36.5 Å². The third kappa shape index (κ3) is 3.32. The first-order valence-electron chi connectivity index (χ1n) is 6.37. The van der Waals surface area contributed by atoms with Gasteiger partial charge in [0.1, 0.15) is 6.10 Å². The molecule has 0 aliphatic heterocycles. The molecule has 2 rings (SSSR count). The van der Waals surface area contributed by atoms with Crippen molar-refractivity contribution < 1.29 is 14.3 Å². The molecule has 1 heterocycles. The van der Waals surface area contributed by atoms with Crippen LogP contribution in [0.1, 0.15) is 24.2 Å². The molecule has 0 spiro atoms. The molecule has 0 radical (unpaired) electrons. The topological polar surface area (TPSA) is 68.3 Å². The molecule has 1 aromatic carbocycles. The van der Waals surface area contributed by atoms with Crippen LogP contribution < -0.4 is 5.32 Å². The highest BCUT2D eigenvalue weighted by molar-refractivity contribution is 6.03. The Morgan fingerprint density at radius 1 is 1.30 bits per heavy atom. The summed E-state index contributed by atoms with van der Waals surface area (Å²) in [7, 11) is 0. The number of hydrogen-bond acceptors (Lipinski definition) is 4. The lowest BCUT2D eigenvalue weighted by Gasteiger charge is -2.14. The van der Waals surface area contributed by atoms with Gasteiger partial charge in [0, 0.05) is 18.5 Å². The molecule has 0 aliphatic rings. The summed E-state index contributed by atoms with van der Waals surface area (Å²) in [5.41, 5.74) is 1.22. The van der Waals surface area contributed by atoms with Crippen LogP contribution in [0.4, 0.5) is 0 Å². The van der Waals surface area contributed by atoms with Crippen molar-refractivity contribution in [2.24, 2.45) is 0 Å². The van der Waals surface area contributed by atoms with Gasteiger partial charge in [0.05, 0.1) is 17.6 Å². The van der Waals surface area contributed by atoms with Gasteiger partial charge in [0.15, 0.2) is 0 Å². The Bertz CT molecular complexity index is 635. The van der Waals surface area contributed by atoms with Crippen LogP contribution in [0, 0.1) is 0 Å². The zero-order valence-electron chi connectivity index (χ0n) is 11.4. The standard InChI is InChI=1S/C15H16N2O3/c1-10(9-17-11(2)18)20-15(19)13-5-3-7-14-12(13)6-4-8-16-14/h3-8,10H,9H2,1-2H3,(H,17,18)/t10-/m1/s1. The molecule has 0 fully saturated rings. The summed E-state index contributed by atoms with van der Waals surface area (Å²) in [4.78, 5) is 27.2. The van der Waals surface area contributed by atoms with Crippen LogP contribution >= 0.6 is 0 Å². The second kappa shape index (κ2) is 6.14. The van der Waals surface area contributed by atoms with Crippen molar-refractivity contribution in [3.05, 3.63) is 42.1 Å². The van der Waals surface area contributed by atoms with Crippen LogP contribution in [0.25, 0.3) is 10.9 Å². The minimum atomic E-state index is -0.415. The number of amides is 1. The number of carbonyl (C=O) groups is 2. The molecular formula is C15H16N2O3. The maximum atomic E-state index is 12.2. The number of aromatic nitrogens is 1. The van der Waals surface area contributed by atoms with E-state index in [1.54, 1.807) is 31.3 Å². The summed E-state index contributed by atoms with van der Waals surface area (Å²) >= 11 is 0. The molecule has 1 N–H and O–H groups in total. The lowest BCUT2D eigenvalue weighted by Crippen LogP contribution is -2.31. The van der Waals surface area contributed by atoms with Gasteiger partial charge in [-0.15, -0.1) is 0 Å². The number of fused-ring (bicyclic) bond motifs is 1. The lowest BCUT2D eigenvalue weighted by atomic mass is 10.1. The summed E-state index contributed by atoms with van der Waals surface area (Å²) in [5.74, 6) is -0.566. The van der Waals surface area contributed by atoms with Gasteiger partial charge in [0.25, 0.3) is 0 Å². The van der Waals surface area contributed by atoms with Crippen molar-refractivity contribution in [3.63, 3.8) is 0 Å². The number of nitrogens with zero attached hydrogens (tertiary/aromatic N) is 1. The Balaban J connectivity index is 2.13. The van der Waals surface area contributed by atoms with Gasteiger partial charge in [-0.1, -0.05) is 12.1 Å². The van der Waals surface area contributed by atoms with E-state index >= 15 is 0 Å². The van der Waals surface area contributed by atoms with Gasteiger partial charge in [-0.25, -0.2) is 4.79 Å². The van der Waals surface area contributed by atoms with E-state index in [1.165, 1.54) is 6.92 Å². The van der Waals surface area contributed by atoms with E-state index in [0.29, 0.717) is 12.1 Å². The Morgan fingerprint density at radius 3 is 2.85 bits per heavy atom. The highest BCUT2D eigenvalue weighted by Gasteiger charge is 2.15. The number of hydrogen-bond donors (Lipinski definition) is 1. The van der Waals surface area contributed by atoms with Crippen LogP contribution in [0.2, 0.25) is 0 Å². The quantitative estimate of drug-likeness (QED) is 0.863. The van der Waals surface area contributed by atoms with Gasteiger partial charge in [0.2, 0.25) is 5.91 Å². The monoisotopic (exact) mass is 272 g/mol. The molecule has 104 valence electrons. The largest absolute Gasteiger partial charge is 0.457 e. The number of ether oxygens (including phenoxy) is 1. The van der Waals surface area contributed by atoms with Crippen LogP contribution in [0.3, 0.4) is 0 Å². The van der Waals surface area contributed by atoms with E-state index < -0.39 is 12.1 Å². The summed E-state index contributed by atoms with van der Waals surface area (Å²) in [6.07, 6.45) is 1.29. The van der Waals surface area contributed by atoms with Crippen molar-refractivity contribution >= 4 is 22.8 Å². The summed E-state index contributed by atoms with van der Waals surface area (Å²) < 4.78 is 5.31. The van der Waals surface area contributed by atoms with Crippen molar-refractivity contribution in [2.75, 3.05) is 6.54 Å². The van der Waals surface area contributed by atoms with Gasteiger partial charge in [-0.3, -0.25) is 9.78 Å². The van der Waals surface area contributed by atoms with Crippen LogP contribution in [0.5, 0.6) is 0 Å². The van der Waals surface area contributed by atoms with E-state index in [4.69, 9.17) is 4.74 Å². The molecule has 2 aromatic rings. The molecule has 1 amide bonds. The Labute approximate surface area is 117 Å². The fourth-order valence-electron chi connectivity index (χ4n) is 1.86. The molecule has 5 heteroatoms. The SMILES string of the molecule is CC(=O)NC[C@@H](C)OC(=O)c1cccc2ncccc12. The molecule has 1 atom stereocenters. The highest BCUT2D eigenvalue weighted by Crippen LogP contribution is 2.17. The smallest absolute Gasteiger partial charge is 0.339 e. The fourth-order valence-corrected chi connectivity index (χ4v) is 1.86. The minimum Gasteiger partial charge on any atom is -0.457 e. The zero-order valence-corrected chi connectivity index (χ0v) is 11.4. The molecule has 20 heavy (non-hydrogen) atoms. The number of carbonyl (C=O) groups excluding carboxylic acids is 2. The number of nitrogens with one attached hydrogen (secondary N) is 1. The molecule has 0 unspecified atom stereocenters. The normalized spacial score (nSPS) is 11.9. The predicted octanol–water partition coefficient (Wildman–Crippen LogP) is 1.92. The number of benzene rings is 1. The van der Waals surface area contributed by atoms with E-state index in [9.17, 15) is 9.59 Å². The Hall–Kier alpha value is -2.43. The van der Waals surface area contributed by atoms with Gasteiger partial charge >= 0.3 is 5.97 Å². The van der Waals surface area contributed by atoms with E-state index in [-0.39, 0.29) is 5.91 Å². The maximum Gasteiger partial charge on any atom is 0.339 e. The summed E-state index contributed by atoms with van der Waals surface area (Å²) in [5, 5.41) is 3.37. The van der Waals surface area contributed by atoms with E-state index in [0.717, 1.165) is 10.9 Å². The highest BCUT2D eigenvalue weighted by atomic mass is 16.5. The molecule has 1 aromatic heterocycles. The number of esters is 1. The minimum absolute atomic E-state index is 0.151. The average Bonchev–Trinajstić information content (AvgIpc) is 2.44. The molecule has 0 bridgehead atoms. The first-order valence-corrected chi connectivity index (χ1v) is 6.37. The molecule has 0 saturated heterocycles. The van der Waals surface area contributed by atoms with Crippen molar-refractivity contribution in [1.82, 2.24) is 10.3 Å². The van der Waals surface area contributed by atoms with Crippen molar-refractivity contribution in [2.45, 2.75) is 20.0 Å². The first-order chi connectivity index (χ1) is 9.58. The summed E-state index contributed by atoms with van der Waals surface area (Å²) in [6, 6.07) is 8.92. The van der Waals surface area contributed by atoms with Crippen LogP contribution in [-0.4, -0.2) is 29.5 Å². The Morgan fingerprint density at radius 2 is 2.10 bits per heavy atom. The molecule has 5 nitrogen and oxygen atoms in total. The predicted molar refractivity (Wildman–Crippen MR) is 75.3 cm³/mol. The van der Waals surface area contributed by atoms with E-state index in [2.05, 4.69) is 10.3 Å². The van der Waals surface area contributed by atoms with Crippen molar-refractivity contribution in [3.8, 4) is 0 Å². The molecule has 0 saturated carbocycles. The van der Waals surface area contributed by atoms with E-state index in [1.807, 2.05) is 12.1 Å². The fraction of sp³-hybridized carbons (Fsp3) is 0.267. The number of rotatable bonds is 4. The lowest BCUT2D eigenvalue weighted by molar-refractivity contribution is -0.119. The zero-order chi connectivity index (χ0) is 14.5. The second-order valence-electron chi connectivity index (χ2n) is 4.53. The van der Waals surface area contributed by atoms with Crippen LogP contribution in [-0.2, 0) is 9.53 Å². The van der Waals surface area contributed by atoms with Gasteiger partial charge < -0.3 is 10.1 Å². The maximum absolute atomic E-state index is 12.2. The molecule has 0 aliphatic carbocycles. The van der Waals surface area contributed by atoms with Gasteiger partial charge in [-0.05, 0) is 25.1 Å². The summed E-state index contributed by atoms with van der Waals surface area (Å²) in [6.45, 7) is 3.45.